The summed E-state index contributed by atoms with van der Waals surface area (Å²) in [7, 11) is 1.38. The SMILES string of the molecule is CONC(=O)Cc1cccc(O)c1. The molecule has 13 heavy (non-hydrogen) atoms. The summed E-state index contributed by atoms with van der Waals surface area (Å²) in [5.41, 5.74) is 2.94. The second-order valence-electron chi connectivity index (χ2n) is 2.58. The van der Waals surface area contributed by atoms with Crippen molar-refractivity contribution in [2.24, 2.45) is 0 Å². The number of nitrogens with one attached hydrogen (secondary N) is 1. The number of amides is 1. The van der Waals surface area contributed by atoms with Crippen molar-refractivity contribution in [2.75, 3.05) is 7.11 Å². The monoisotopic (exact) mass is 181 g/mol. The van der Waals surface area contributed by atoms with Gasteiger partial charge in [-0.15, -0.1) is 0 Å². The summed E-state index contributed by atoms with van der Waals surface area (Å²) in [5.74, 6) is -0.0872. The van der Waals surface area contributed by atoms with E-state index in [-0.39, 0.29) is 18.1 Å². The van der Waals surface area contributed by atoms with Crippen molar-refractivity contribution < 1.29 is 14.7 Å². The van der Waals surface area contributed by atoms with Gasteiger partial charge in [-0.2, -0.15) is 0 Å². The largest absolute Gasteiger partial charge is 0.508 e. The van der Waals surface area contributed by atoms with E-state index in [1.807, 2.05) is 0 Å². The van der Waals surface area contributed by atoms with Crippen LogP contribution in [0.25, 0.3) is 0 Å². The molecular formula is C9H11NO3. The molecule has 4 heteroatoms. The molecule has 0 aliphatic heterocycles. The van der Waals surface area contributed by atoms with Gasteiger partial charge in [0.25, 0.3) is 0 Å². The van der Waals surface area contributed by atoms with Crippen LogP contribution in [-0.4, -0.2) is 18.1 Å². The first-order chi connectivity index (χ1) is 6.22. The molecule has 0 unspecified atom stereocenters. The zero-order valence-corrected chi connectivity index (χ0v) is 7.28. The van der Waals surface area contributed by atoms with Crippen molar-refractivity contribution in [1.29, 1.82) is 0 Å². The van der Waals surface area contributed by atoms with Crippen LogP contribution in [-0.2, 0) is 16.1 Å². The van der Waals surface area contributed by atoms with Crippen molar-refractivity contribution in [3.8, 4) is 5.75 Å². The number of carbonyl (C=O) groups is 1. The minimum atomic E-state index is -0.242. The van der Waals surface area contributed by atoms with Crippen molar-refractivity contribution in [2.45, 2.75) is 6.42 Å². The minimum Gasteiger partial charge on any atom is -0.508 e. The van der Waals surface area contributed by atoms with E-state index in [0.29, 0.717) is 0 Å². The fraction of sp³-hybridized carbons (Fsp3) is 0.222. The van der Waals surface area contributed by atoms with E-state index in [2.05, 4.69) is 10.3 Å². The molecule has 0 spiro atoms. The van der Waals surface area contributed by atoms with Gasteiger partial charge in [-0.1, -0.05) is 12.1 Å². The maximum Gasteiger partial charge on any atom is 0.247 e. The lowest BCUT2D eigenvalue weighted by atomic mass is 10.1. The highest BCUT2D eigenvalue weighted by Gasteiger charge is 2.02. The van der Waals surface area contributed by atoms with E-state index in [1.165, 1.54) is 13.2 Å². The van der Waals surface area contributed by atoms with E-state index in [9.17, 15) is 4.79 Å². The van der Waals surface area contributed by atoms with Crippen LogP contribution in [0.4, 0.5) is 0 Å². The first-order valence-electron chi connectivity index (χ1n) is 3.82. The van der Waals surface area contributed by atoms with Crippen LogP contribution in [0.2, 0.25) is 0 Å². The van der Waals surface area contributed by atoms with Gasteiger partial charge in [0.05, 0.1) is 13.5 Å². The highest BCUT2D eigenvalue weighted by molar-refractivity contribution is 5.77. The van der Waals surface area contributed by atoms with Gasteiger partial charge in [-0.3, -0.25) is 9.63 Å². The van der Waals surface area contributed by atoms with Gasteiger partial charge in [-0.05, 0) is 17.7 Å². The van der Waals surface area contributed by atoms with Crippen LogP contribution < -0.4 is 5.48 Å². The Morgan fingerprint density at radius 2 is 2.38 bits per heavy atom. The van der Waals surface area contributed by atoms with Crippen LogP contribution in [0, 0.1) is 0 Å². The van der Waals surface area contributed by atoms with Gasteiger partial charge in [0, 0.05) is 0 Å². The van der Waals surface area contributed by atoms with Crippen LogP contribution in [0.3, 0.4) is 0 Å². The summed E-state index contributed by atoms with van der Waals surface area (Å²) in [5, 5.41) is 9.09. The highest BCUT2D eigenvalue weighted by atomic mass is 16.6. The quantitative estimate of drug-likeness (QED) is 0.672. The number of hydrogen-bond acceptors (Lipinski definition) is 3. The second kappa shape index (κ2) is 4.47. The topological polar surface area (TPSA) is 58.6 Å². The van der Waals surface area contributed by atoms with Crippen LogP contribution in [0.15, 0.2) is 24.3 Å². The molecule has 70 valence electrons. The number of phenolic OH excluding ortho intramolecular Hbond substituents is 1. The highest BCUT2D eigenvalue weighted by Crippen LogP contribution is 2.10. The zero-order valence-electron chi connectivity index (χ0n) is 7.28. The maximum atomic E-state index is 11.0. The molecule has 0 aromatic heterocycles. The second-order valence-corrected chi connectivity index (χ2v) is 2.58. The molecule has 0 bridgehead atoms. The van der Waals surface area contributed by atoms with Crippen LogP contribution in [0.1, 0.15) is 5.56 Å². The molecule has 0 atom stereocenters. The van der Waals surface area contributed by atoms with Gasteiger partial charge in [0.15, 0.2) is 0 Å². The Kier molecular flexibility index (Phi) is 3.28. The first kappa shape index (κ1) is 9.54. The van der Waals surface area contributed by atoms with E-state index in [0.717, 1.165) is 5.56 Å². The minimum absolute atomic E-state index is 0.155. The van der Waals surface area contributed by atoms with Crippen molar-refractivity contribution >= 4 is 5.91 Å². The Morgan fingerprint density at radius 3 is 3.00 bits per heavy atom. The van der Waals surface area contributed by atoms with E-state index in [4.69, 9.17) is 5.11 Å². The lowest BCUT2D eigenvalue weighted by Crippen LogP contribution is -2.23. The summed E-state index contributed by atoms with van der Waals surface area (Å²) >= 11 is 0. The first-order valence-corrected chi connectivity index (χ1v) is 3.82. The number of hydroxylamine groups is 1. The molecule has 1 rings (SSSR count). The van der Waals surface area contributed by atoms with Gasteiger partial charge in [-0.25, -0.2) is 5.48 Å². The van der Waals surface area contributed by atoms with Crippen LogP contribution >= 0.6 is 0 Å². The van der Waals surface area contributed by atoms with Gasteiger partial charge >= 0.3 is 0 Å². The Bertz CT molecular complexity index is 299. The molecule has 0 aliphatic rings. The molecule has 1 amide bonds. The molecule has 2 N–H and O–H groups in total. The molecule has 0 radical (unpaired) electrons. The Labute approximate surface area is 76.1 Å². The third-order valence-corrected chi connectivity index (χ3v) is 1.49. The fourth-order valence-corrected chi connectivity index (χ4v) is 1.00. The number of benzene rings is 1. The zero-order chi connectivity index (χ0) is 9.68. The van der Waals surface area contributed by atoms with E-state index >= 15 is 0 Å². The third kappa shape index (κ3) is 3.13. The van der Waals surface area contributed by atoms with Gasteiger partial charge in [0.1, 0.15) is 5.75 Å². The Hall–Kier alpha value is -1.55. The van der Waals surface area contributed by atoms with Crippen LogP contribution in [0.5, 0.6) is 5.75 Å². The average molecular weight is 181 g/mol. The molecule has 0 heterocycles. The third-order valence-electron chi connectivity index (χ3n) is 1.49. The molecule has 0 aliphatic carbocycles. The average Bonchev–Trinajstić information content (AvgIpc) is 2.04. The smallest absolute Gasteiger partial charge is 0.247 e. The number of hydrogen-bond donors (Lipinski definition) is 2. The Balaban J connectivity index is 2.58. The molecule has 1 aromatic rings. The number of rotatable bonds is 3. The van der Waals surface area contributed by atoms with Gasteiger partial charge < -0.3 is 5.11 Å². The lowest BCUT2D eigenvalue weighted by Gasteiger charge is -2.02. The molecule has 0 saturated carbocycles. The summed E-state index contributed by atoms with van der Waals surface area (Å²) < 4.78 is 0. The summed E-state index contributed by atoms with van der Waals surface area (Å²) in [6.07, 6.45) is 0.197. The van der Waals surface area contributed by atoms with E-state index < -0.39 is 0 Å². The Morgan fingerprint density at radius 1 is 1.62 bits per heavy atom. The lowest BCUT2D eigenvalue weighted by molar-refractivity contribution is -0.130. The molecule has 0 saturated heterocycles. The summed E-state index contributed by atoms with van der Waals surface area (Å²) in [4.78, 5) is 15.5. The molecular weight excluding hydrogens is 170 g/mol. The fourth-order valence-electron chi connectivity index (χ4n) is 1.00. The van der Waals surface area contributed by atoms with Crippen molar-refractivity contribution in [3.63, 3.8) is 0 Å². The van der Waals surface area contributed by atoms with Gasteiger partial charge in [0.2, 0.25) is 5.91 Å². The maximum absolute atomic E-state index is 11.0. The van der Waals surface area contributed by atoms with Crippen molar-refractivity contribution in [1.82, 2.24) is 5.48 Å². The molecule has 4 nitrogen and oxygen atoms in total. The van der Waals surface area contributed by atoms with Crippen molar-refractivity contribution in [3.05, 3.63) is 29.8 Å². The summed E-state index contributed by atoms with van der Waals surface area (Å²) in [6.45, 7) is 0. The number of carbonyl (C=O) groups excluding carboxylic acids is 1. The number of aromatic hydroxyl groups is 1. The number of phenols is 1. The predicted octanol–water partition coefficient (Wildman–Crippen LogP) is 0.612. The molecule has 1 aromatic carbocycles. The van der Waals surface area contributed by atoms with E-state index in [1.54, 1.807) is 18.2 Å². The summed E-state index contributed by atoms with van der Waals surface area (Å²) in [6, 6.07) is 6.53. The predicted molar refractivity (Wildman–Crippen MR) is 47.0 cm³/mol. The normalized spacial score (nSPS) is 9.62. The standard InChI is InChI=1S/C9H11NO3/c1-13-10-9(12)6-7-3-2-4-8(11)5-7/h2-5,11H,6H2,1H3,(H,10,12). The molecule has 0 fully saturated rings.